The molecule has 1 aromatic heterocycles. The molecular weight excluding hydrogens is 204 g/mol. The minimum atomic E-state index is 0.0139. The van der Waals surface area contributed by atoms with Crippen LogP contribution in [0.5, 0.6) is 0 Å². The quantitative estimate of drug-likeness (QED) is 0.829. The number of aromatic nitrogens is 1. The maximum atomic E-state index is 11.3. The number of carbonyl (C=O) groups is 1. The van der Waals surface area contributed by atoms with E-state index >= 15 is 0 Å². The van der Waals surface area contributed by atoms with E-state index in [1.807, 2.05) is 18.6 Å². The molecule has 0 saturated carbocycles. The highest BCUT2D eigenvalue weighted by Gasteiger charge is 2.10. The van der Waals surface area contributed by atoms with Crippen molar-refractivity contribution in [3.05, 3.63) is 16.6 Å². The average molecular weight is 216 g/mol. The molecule has 13 heavy (non-hydrogen) atoms. The molecule has 0 bridgehead atoms. The van der Waals surface area contributed by atoms with Crippen molar-refractivity contribution in [2.45, 2.75) is 18.7 Å². The fourth-order valence-electron chi connectivity index (χ4n) is 0.754. The van der Waals surface area contributed by atoms with Gasteiger partial charge in [0.25, 0.3) is 0 Å². The van der Waals surface area contributed by atoms with Gasteiger partial charge in [0.2, 0.25) is 5.91 Å². The van der Waals surface area contributed by atoms with Gasteiger partial charge in [0.15, 0.2) is 0 Å². The van der Waals surface area contributed by atoms with E-state index < -0.39 is 0 Å². The van der Waals surface area contributed by atoms with Crippen LogP contribution in [0.25, 0.3) is 0 Å². The second-order valence-corrected chi connectivity index (χ2v) is 4.68. The predicted molar refractivity (Wildman–Crippen MR) is 56.9 cm³/mol. The first-order valence-corrected chi connectivity index (χ1v) is 6.09. The van der Waals surface area contributed by atoms with E-state index in [-0.39, 0.29) is 11.2 Å². The Morgan fingerprint density at radius 1 is 1.85 bits per heavy atom. The lowest BCUT2D eigenvalue weighted by Crippen LogP contribution is -2.30. The van der Waals surface area contributed by atoms with Gasteiger partial charge in [-0.05, 0) is 13.2 Å². The molecular formula is C8H12N2OS2. The Balaban J connectivity index is 2.31. The zero-order valence-corrected chi connectivity index (χ0v) is 9.24. The van der Waals surface area contributed by atoms with Gasteiger partial charge >= 0.3 is 0 Å². The molecule has 0 aliphatic carbocycles. The first-order chi connectivity index (χ1) is 6.24. The highest BCUT2D eigenvalue weighted by Crippen LogP contribution is 2.06. The normalized spacial score (nSPS) is 12.5. The number of thioether (sulfide) groups is 1. The summed E-state index contributed by atoms with van der Waals surface area (Å²) in [7, 11) is 0. The van der Waals surface area contributed by atoms with Crippen molar-refractivity contribution in [1.29, 1.82) is 0 Å². The highest BCUT2D eigenvalue weighted by atomic mass is 32.2. The monoisotopic (exact) mass is 216 g/mol. The maximum absolute atomic E-state index is 11.3. The van der Waals surface area contributed by atoms with Crippen molar-refractivity contribution in [1.82, 2.24) is 10.3 Å². The lowest BCUT2D eigenvalue weighted by molar-refractivity contribution is -0.120. The number of nitrogens with one attached hydrogen (secondary N) is 1. The minimum absolute atomic E-state index is 0.0139. The molecule has 0 radical (unpaired) electrons. The van der Waals surface area contributed by atoms with E-state index in [4.69, 9.17) is 0 Å². The number of nitrogens with zero attached hydrogens (tertiary/aromatic N) is 1. The summed E-state index contributed by atoms with van der Waals surface area (Å²) in [6, 6.07) is 0. The molecule has 1 rings (SSSR count). The third kappa shape index (κ3) is 3.36. The van der Waals surface area contributed by atoms with Gasteiger partial charge in [0.05, 0.1) is 11.8 Å². The van der Waals surface area contributed by atoms with Gasteiger partial charge in [-0.1, -0.05) is 0 Å². The van der Waals surface area contributed by atoms with Crippen LogP contribution < -0.4 is 5.32 Å². The summed E-state index contributed by atoms with van der Waals surface area (Å²) in [5, 5.41) is 5.69. The lowest BCUT2D eigenvalue weighted by atomic mass is 10.4. The second kappa shape index (κ2) is 5.24. The summed E-state index contributed by atoms with van der Waals surface area (Å²) < 4.78 is 0. The molecule has 1 atom stereocenters. The van der Waals surface area contributed by atoms with E-state index in [0.29, 0.717) is 6.54 Å². The van der Waals surface area contributed by atoms with Crippen LogP contribution in [-0.2, 0) is 11.3 Å². The number of thiazole rings is 1. The molecule has 3 nitrogen and oxygen atoms in total. The smallest absolute Gasteiger partial charge is 0.233 e. The number of hydrogen-bond acceptors (Lipinski definition) is 4. The number of rotatable bonds is 4. The third-order valence-corrected chi connectivity index (χ3v) is 3.32. The zero-order chi connectivity index (χ0) is 9.68. The molecule has 0 aliphatic rings. The Bertz CT molecular complexity index is 261. The summed E-state index contributed by atoms with van der Waals surface area (Å²) >= 11 is 3.09. The van der Waals surface area contributed by atoms with Gasteiger partial charge in [0, 0.05) is 11.6 Å². The molecule has 0 spiro atoms. The molecule has 1 aromatic rings. The van der Waals surface area contributed by atoms with Crippen LogP contribution in [0.1, 0.15) is 11.9 Å². The highest BCUT2D eigenvalue weighted by molar-refractivity contribution is 7.99. The first-order valence-electron chi connectivity index (χ1n) is 3.93. The topological polar surface area (TPSA) is 42.0 Å². The Kier molecular flexibility index (Phi) is 4.24. The van der Waals surface area contributed by atoms with Crippen LogP contribution in [0.4, 0.5) is 0 Å². The van der Waals surface area contributed by atoms with Gasteiger partial charge in [-0.3, -0.25) is 4.79 Å². The van der Waals surface area contributed by atoms with Crippen LogP contribution in [-0.4, -0.2) is 22.4 Å². The standard InChI is InChI=1S/C8H12N2OS2/c1-6(12-2)8(11)10-5-7-9-3-4-13-7/h3-4,6H,5H2,1-2H3,(H,10,11). The largest absolute Gasteiger partial charge is 0.349 e. The SMILES string of the molecule is CSC(C)C(=O)NCc1nccs1. The predicted octanol–water partition coefficient (Wildman–Crippen LogP) is 1.51. The summed E-state index contributed by atoms with van der Waals surface area (Å²) in [5.41, 5.74) is 0. The van der Waals surface area contributed by atoms with E-state index in [1.54, 1.807) is 29.3 Å². The number of hydrogen-bond donors (Lipinski definition) is 1. The van der Waals surface area contributed by atoms with Gasteiger partial charge in [0.1, 0.15) is 5.01 Å². The van der Waals surface area contributed by atoms with Crippen molar-refractivity contribution in [2.24, 2.45) is 0 Å². The zero-order valence-electron chi connectivity index (χ0n) is 7.61. The van der Waals surface area contributed by atoms with Crippen LogP contribution in [0, 0.1) is 0 Å². The molecule has 1 amide bonds. The van der Waals surface area contributed by atoms with E-state index in [1.165, 1.54) is 0 Å². The van der Waals surface area contributed by atoms with Gasteiger partial charge in [-0.25, -0.2) is 4.98 Å². The molecule has 0 saturated heterocycles. The van der Waals surface area contributed by atoms with Crippen LogP contribution in [0.15, 0.2) is 11.6 Å². The summed E-state index contributed by atoms with van der Waals surface area (Å²) in [6.07, 6.45) is 3.66. The summed E-state index contributed by atoms with van der Waals surface area (Å²) in [5.74, 6) is 0.0719. The first kappa shape index (κ1) is 10.5. The molecule has 72 valence electrons. The van der Waals surface area contributed by atoms with Crippen LogP contribution >= 0.6 is 23.1 Å². The molecule has 0 fully saturated rings. The summed E-state index contributed by atoms with van der Waals surface area (Å²) in [6.45, 7) is 2.43. The van der Waals surface area contributed by atoms with Gasteiger partial charge in [-0.15, -0.1) is 11.3 Å². The Morgan fingerprint density at radius 2 is 2.62 bits per heavy atom. The fraction of sp³-hybridized carbons (Fsp3) is 0.500. The van der Waals surface area contributed by atoms with Crippen LogP contribution in [0.2, 0.25) is 0 Å². The van der Waals surface area contributed by atoms with Crippen molar-refractivity contribution in [2.75, 3.05) is 6.26 Å². The fourth-order valence-corrected chi connectivity index (χ4v) is 1.61. The van der Waals surface area contributed by atoms with Crippen molar-refractivity contribution in [3.8, 4) is 0 Å². The summed E-state index contributed by atoms with van der Waals surface area (Å²) in [4.78, 5) is 15.4. The molecule has 0 aromatic carbocycles. The number of carbonyl (C=O) groups excluding carboxylic acids is 1. The molecule has 0 aliphatic heterocycles. The molecule has 1 N–H and O–H groups in total. The Labute approximate surface area is 86.0 Å². The van der Waals surface area contributed by atoms with E-state index in [9.17, 15) is 4.79 Å². The minimum Gasteiger partial charge on any atom is -0.349 e. The van der Waals surface area contributed by atoms with E-state index in [2.05, 4.69) is 10.3 Å². The lowest BCUT2D eigenvalue weighted by Gasteiger charge is -2.07. The van der Waals surface area contributed by atoms with Gasteiger partial charge in [-0.2, -0.15) is 11.8 Å². The van der Waals surface area contributed by atoms with Crippen LogP contribution in [0.3, 0.4) is 0 Å². The maximum Gasteiger partial charge on any atom is 0.233 e. The second-order valence-electron chi connectivity index (χ2n) is 2.52. The molecule has 5 heteroatoms. The molecule has 1 unspecified atom stereocenters. The van der Waals surface area contributed by atoms with Crippen molar-refractivity contribution >= 4 is 29.0 Å². The molecule has 1 heterocycles. The Morgan fingerprint density at radius 3 is 3.15 bits per heavy atom. The van der Waals surface area contributed by atoms with Crippen molar-refractivity contribution < 1.29 is 4.79 Å². The Hall–Kier alpha value is -0.550. The number of amides is 1. The third-order valence-electron chi connectivity index (χ3n) is 1.62. The van der Waals surface area contributed by atoms with E-state index in [0.717, 1.165) is 5.01 Å². The van der Waals surface area contributed by atoms with Crippen molar-refractivity contribution in [3.63, 3.8) is 0 Å². The van der Waals surface area contributed by atoms with Gasteiger partial charge < -0.3 is 5.32 Å². The average Bonchev–Trinajstić information content (AvgIpc) is 2.65.